The highest BCUT2D eigenvalue weighted by Gasteiger charge is 2.07. The number of thiophene rings is 1. The fourth-order valence-electron chi connectivity index (χ4n) is 2.42. The highest BCUT2D eigenvalue weighted by atomic mass is 127. The maximum Gasteiger partial charge on any atom is 0.140 e. The van der Waals surface area contributed by atoms with E-state index >= 15 is 0 Å². The van der Waals surface area contributed by atoms with Crippen LogP contribution in [-0.2, 0) is 0 Å². The molecule has 0 fully saturated rings. The molecule has 1 heterocycles. The Morgan fingerprint density at radius 3 is 2.43 bits per heavy atom. The number of halogens is 1. The highest BCUT2D eigenvalue weighted by Crippen LogP contribution is 2.37. The van der Waals surface area contributed by atoms with Crippen molar-refractivity contribution in [2.45, 2.75) is 0 Å². The van der Waals surface area contributed by atoms with E-state index in [1.54, 1.807) is 0 Å². The third-order valence-electron chi connectivity index (χ3n) is 3.41. The van der Waals surface area contributed by atoms with Gasteiger partial charge in [-0.15, -0.1) is 11.3 Å². The quantitative estimate of drug-likeness (QED) is 0.350. The minimum Gasteiger partial charge on any atom is -0.456 e. The first-order valence-corrected chi connectivity index (χ1v) is 8.54. The molecule has 1 aromatic heterocycles. The van der Waals surface area contributed by atoms with Crippen molar-refractivity contribution < 1.29 is 4.74 Å². The number of benzene rings is 3. The minimum atomic E-state index is 0.887. The zero-order chi connectivity index (χ0) is 14.2. The van der Waals surface area contributed by atoms with Crippen molar-refractivity contribution in [2.75, 3.05) is 0 Å². The number of hydrogen-bond acceptors (Lipinski definition) is 2. The van der Waals surface area contributed by atoms with E-state index in [0.29, 0.717) is 0 Å². The summed E-state index contributed by atoms with van der Waals surface area (Å²) in [5.41, 5.74) is 0. The molecular formula is C18H11IOS. The average molecular weight is 402 g/mol. The molecule has 0 aliphatic rings. The lowest BCUT2D eigenvalue weighted by Gasteiger charge is -2.07. The van der Waals surface area contributed by atoms with Crippen molar-refractivity contribution in [1.29, 1.82) is 0 Å². The molecule has 3 heteroatoms. The summed E-state index contributed by atoms with van der Waals surface area (Å²) < 4.78 is 9.71. The van der Waals surface area contributed by atoms with Crippen molar-refractivity contribution in [3.8, 4) is 11.5 Å². The van der Waals surface area contributed by atoms with E-state index in [1.807, 2.05) is 41.7 Å². The average Bonchev–Trinajstić information content (AvgIpc) is 2.87. The van der Waals surface area contributed by atoms with Crippen LogP contribution in [0.4, 0.5) is 0 Å². The van der Waals surface area contributed by atoms with E-state index in [2.05, 4.69) is 59.0 Å². The standard InChI is InChI=1S/C18H11IOS/c19-15-6-2-3-7-16(15)20-12-9-10-14-13-5-1-4-8-17(13)21-18(14)11-12/h1-11H. The Labute approximate surface area is 140 Å². The normalized spacial score (nSPS) is 11.1. The predicted molar refractivity (Wildman–Crippen MR) is 98.6 cm³/mol. The van der Waals surface area contributed by atoms with Gasteiger partial charge in [-0.2, -0.15) is 0 Å². The zero-order valence-electron chi connectivity index (χ0n) is 11.0. The molecule has 0 amide bonds. The highest BCUT2D eigenvalue weighted by molar-refractivity contribution is 14.1. The Kier molecular flexibility index (Phi) is 3.31. The lowest BCUT2D eigenvalue weighted by atomic mass is 10.1. The topological polar surface area (TPSA) is 9.23 Å². The molecule has 0 radical (unpaired) electrons. The van der Waals surface area contributed by atoms with Crippen LogP contribution >= 0.6 is 33.9 Å². The molecule has 0 atom stereocenters. The fraction of sp³-hybridized carbons (Fsp3) is 0. The van der Waals surface area contributed by atoms with Crippen LogP contribution < -0.4 is 4.74 Å². The Balaban J connectivity index is 1.80. The van der Waals surface area contributed by atoms with Crippen LogP contribution in [0.25, 0.3) is 20.2 Å². The van der Waals surface area contributed by atoms with Gasteiger partial charge in [-0.05, 0) is 59.0 Å². The molecule has 4 aromatic rings. The summed E-state index contributed by atoms with van der Waals surface area (Å²) in [6.45, 7) is 0. The molecule has 0 saturated carbocycles. The van der Waals surface area contributed by atoms with Gasteiger partial charge in [-0.3, -0.25) is 0 Å². The molecule has 3 aromatic carbocycles. The first-order valence-electron chi connectivity index (χ1n) is 6.65. The molecule has 0 unspecified atom stereocenters. The first-order chi connectivity index (χ1) is 10.3. The minimum absolute atomic E-state index is 0.887. The van der Waals surface area contributed by atoms with E-state index in [-0.39, 0.29) is 0 Å². The van der Waals surface area contributed by atoms with Crippen LogP contribution in [0.1, 0.15) is 0 Å². The third kappa shape index (κ3) is 2.40. The predicted octanol–water partition coefficient (Wildman–Crippen LogP) is 6.45. The number of fused-ring (bicyclic) bond motifs is 3. The number of para-hydroxylation sites is 1. The Bertz CT molecular complexity index is 942. The van der Waals surface area contributed by atoms with Crippen molar-refractivity contribution in [2.24, 2.45) is 0 Å². The second kappa shape index (κ2) is 5.31. The summed E-state index contributed by atoms with van der Waals surface area (Å²) in [5.74, 6) is 1.79. The number of ether oxygens (including phenoxy) is 1. The molecule has 0 spiro atoms. The lowest BCUT2D eigenvalue weighted by Crippen LogP contribution is -1.86. The molecule has 4 rings (SSSR count). The lowest BCUT2D eigenvalue weighted by molar-refractivity contribution is 0.480. The smallest absolute Gasteiger partial charge is 0.140 e. The molecule has 0 saturated heterocycles. The molecule has 1 nitrogen and oxygen atoms in total. The number of hydrogen-bond donors (Lipinski definition) is 0. The monoisotopic (exact) mass is 402 g/mol. The van der Waals surface area contributed by atoms with Gasteiger partial charge in [0.05, 0.1) is 3.57 Å². The molecule has 0 N–H and O–H groups in total. The first kappa shape index (κ1) is 13.1. The molecule has 21 heavy (non-hydrogen) atoms. The van der Waals surface area contributed by atoms with Gasteiger partial charge in [0.1, 0.15) is 11.5 Å². The van der Waals surface area contributed by atoms with Gasteiger partial charge in [-0.1, -0.05) is 30.3 Å². The van der Waals surface area contributed by atoms with Crippen molar-refractivity contribution in [1.82, 2.24) is 0 Å². The van der Waals surface area contributed by atoms with Gasteiger partial charge < -0.3 is 4.74 Å². The second-order valence-electron chi connectivity index (χ2n) is 4.79. The molecule has 0 bridgehead atoms. The van der Waals surface area contributed by atoms with Crippen LogP contribution in [0, 0.1) is 3.57 Å². The summed E-state index contributed by atoms with van der Waals surface area (Å²) in [6.07, 6.45) is 0. The van der Waals surface area contributed by atoms with Crippen LogP contribution in [0.2, 0.25) is 0 Å². The van der Waals surface area contributed by atoms with Crippen molar-refractivity contribution >= 4 is 54.1 Å². The van der Waals surface area contributed by atoms with E-state index in [9.17, 15) is 0 Å². The molecular weight excluding hydrogens is 391 g/mol. The van der Waals surface area contributed by atoms with Crippen LogP contribution in [0.15, 0.2) is 66.7 Å². The summed E-state index contributed by atoms with van der Waals surface area (Å²) >= 11 is 4.10. The largest absolute Gasteiger partial charge is 0.456 e. The van der Waals surface area contributed by atoms with E-state index in [1.165, 1.54) is 20.2 Å². The number of rotatable bonds is 2. The maximum absolute atomic E-state index is 6.01. The van der Waals surface area contributed by atoms with Gasteiger partial charge >= 0.3 is 0 Å². The summed E-state index contributed by atoms with van der Waals surface area (Å²) in [6, 6.07) is 22.9. The van der Waals surface area contributed by atoms with Gasteiger partial charge in [0.15, 0.2) is 0 Å². The van der Waals surface area contributed by atoms with Gasteiger partial charge in [0.2, 0.25) is 0 Å². The van der Waals surface area contributed by atoms with Crippen LogP contribution in [-0.4, -0.2) is 0 Å². The zero-order valence-corrected chi connectivity index (χ0v) is 14.0. The van der Waals surface area contributed by atoms with E-state index in [0.717, 1.165) is 15.1 Å². The van der Waals surface area contributed by atoms with Gasteiger partial charge in [0, 0.05) is 20.2 Å². The SMILES string of the molecule is Ic1ccccc1Oc1ccc2c(c1)sc1ccccc12. The maximum atomic E-state index is 6.01. The summed E-state index contributed by atoms with van der Waals surface area (Å²) in [4.78, 5) is 0. The Hall–Kier alpha value is -1.59. The molecule has 0 aliphatic heterocycles. The third-order valence-corrected chi connectivity index (χ3v) is 5.44. The second-order valence-corrected chi connectivity index (χ2v) is 7.03. The summed E-state index contributed by atoms with van der Waals surface area (Å²) in [7, 11) is 0. The Morgan fingerprint density at radius 2 is 1.52 bits per heavy atom. The van der Waals surface area contributed by atoms with E-state index in [4.69, 9.17) is 4.74 Å². The van der Waals surface area contributed by atoms with Crippen molar-refractivity contribution in [3.05, 3.63) is 70.3 Å². The van der Waals surface area contributed by atoms with Crippen LogP contribution in [0.5, 0.6) is 11.5 Å². The fourth-order valence-corrected chi connectivity index (χ4v) is 4.06. The van der Waals surface area contributed by atoms with E-state index < -0.39 is 0 Å². The molecule has 0 aliphatic carbocycles. The van der Waals surface area contributed by atoms with Gasteiger partial charge in [0.25, 0.3) is 0 Å². The molecule has 102 valence electrons. The summed E-state index contributed by atoms with van der Waals surface area (Å²) in [5, 5.41) is 2.61. The van der Waals surface area contributed by atoms with Gasteiger partial charge in [-0.25, -0.2) is 0 Å². The Morgan fingerprint density at radius 1 is 0.762 bits per heavy atom. The van der Waals surface area contributed by atoms with Crippen LogP contribution in [0.3, 0.4) is 0 Å². The van der Waals surface area contributed by atoms with Crippen molar-refractivity contribution in [3.63, 3.8) is 0 Å².